The van der Waals surface area contributed by atoms with Crippen LogP contribution in [0.5, 0.6) is 5.75 Å². The minimum atomic E-state index is -0.840. The molecular formula is C16H25ClN2O3. The number of aliphatic hydroxyl groups is 1. The van der Waals surface area contributed by atoms with Crippen LogP contribution in [0.4, 0.5) is 5.69 Å². The molecule has 1 aromatic rings. The van der Waals surface area contributed by atoms with Crippen LogP contribution in [0.1, 0.15) is 50.7 Å². The number of rotatable bonds is 4. The van der Waals surface area contributed by atoms with Gasteiger partial charge in [0.25, 0.3) is 0 Å². The molecule has 0 spiro atoms. The second-order valence-corrected chi connectivity index (χ2v) is 5.91. The lowest BCUT2D eigenvalue weighted by atomic mass is 9.81. The van der Waals surface area contributed by atoms with E-state index in [0.29, 0.717) is 17.2 Å². The molecule has 0 bridgehead atoms. The molecule has 6 heteroatoms. The van der Waals surface area contributed by atoms with E-state index in [1.165, 1.54) is 25.5 Å². The molecule has 2 unspecified atom stereocenters. The molecule has 1 saturated carbocycles. The minimum Gasteiger partial charge on any atom is -0.508 e. The second-order valence-electron chi connectivity index (χ2n) is 5.91. The van der Waals surface area contributed by atoms with Gasteiger partial charge < -0.3 is 21.3 Å². The van der Waals surface area contributed by atoms with Gasteiger partial charge in [-0.3, -0.25) is 4.79 Å². The number of amides is 1. The van der Waals surface area contributed by atoms with Gasteiger partial charge in [0.05, 0.1) is 6.10 Å². The summed E-state index contributed by atoms with van der Waals surface area (Å²) in [5, 5.41) is 22.8. The summed E-state index contributed by atoms with van der Waals surface area (Å²) in [6.07, 6.45) is 4.78. The zero-order valence-corrected chi connectivity index (χ0v) is 13.6. The third kappa shape index (κ3) is 4.87. The van der Waals surface area contributed by atoms with E-state index >= 15 is 0 Å². The van der Waals surface area contributed by atoms with Gasteiger partial charge in [-0.2, -0.15) is 0 Å². The van der Waals surface area contributed by atoms with E-state index < -0.39 is 6.10 Å². The Hall–Kier alpha value is -1.30. The summed E-state index contributed by atoms with van der Waals surface area (Å²) >= 11 is 0. The molecular weight excluding hydrogens is 304 g/mol. The van der Waals surface area contributed by atoms with Crippen LogP contribution in [-0.2, 0) is 4.79 Å². The minimum absolute atomic E-state index is 0. The number of hydrogen-bond donors (Lipinski definition) is 4. The van der Waals surface area contributed by atoms with Crippen molar-refractivity contribution in [3.63, 3.8) is 0 Å². The van der Waals surface area contributed by atoms with E-state index in [-0.39, 0.29) is 30.1 Å². The van der Waals surface area contributed by atoms with Crippen molar-refractivity contribution in [1.82, 2.24) is 0 Å². The third-order valence-corrected chi connectivity index (χ3v) is 4.16. The molecule has 124 valence electrons. The highest BCUT2D eigenvalue weighted by molar-refractivity contribution is 5.89. The summed E-state index contributed by atoms with van der Waals surface area (Å²) in [6.45, 7) is 1.40. The smallest absolute Gasteiger partial charge is 0.221 e. The zero-order chi connectivity index (χ0) is 15.4. The number of halogens is 1. The average molecular weight is 329 g/mol. The molecule has 1 fully saturated rings. The van der Waals surface area contributed by atoms with E-state index in [2.05, 4.69) is 5.32 Å². The molecule has 1 aliphatic rings. The fourth-order valence-electron chi connectivity index (χ4n) is 3.08. The standard InChI is InChI=1S/C16H24N2O3.ClH/c1-10(19)18-13-7-12(8-14(20)9-13)16(21)15(17)11-5-3-2-4-6-11;/h7-9,11,15-16,20-21H,2-6,17H2,1H3,(H,18,19);1H. The third-order valence-electron chi connectivity index (χ3n) is 4.16. The fraction of sp³-hybridized carbons (Fsp3) is 0.562. The number of carbonyl (C=O) groups excluding carboxylic acids is 1. The summed E-state index contributed by atoms with van der Waals surface area (Å²) in [4.78, 5) is 11.1. The molecule has 0 radical (unpaired) electrons. The molecule has 1 aromatic carbocycles. The molecule has 2 rings (SSSR count). The number of carbonyl (C=O) groups is 1. The Morgan fingerprint density at radius 3 is 2.50 bits per heavy atom. The van der Waals surface area contributed by atoms with Crippen LogP contribution in [0.2, 0.25) is 0 Å². The van der Waals surface area contributed by atoms with E-state index in [0.717, 1.165) is 25.7 Å². The monoisotopic (exact) mass is 328 g/mol. The maximum Gasteiger partial charge on any atom is 0.221 e. The van der Waals surface area contributed by atoms with Crippen molar-refractivity contribution in [2.45, 2.75) is 51.2 Å². The summed E-state index contributed by atoms with van der Waals surface area (Å²) < 4.78 is 0. The predicted molar refractivity (Wildman–Crippen MR) is 89.2 cm³/mol. The van der Waals surface area contributed by atoms with Gasteiger partial charge in [0.1, 0.15) is 5.75 Å². The number of phenols is 1. The van der Waals surface area contributed by atoms with Crippen LogP contribution in [0.15, 0.2) is 18.2 Å². The van der Waals surface area contributed by atoms with Crippen molar-refractivity contribution in [2.24, 2.45) is 11.7 Å². The number of benzene rings is 1. The maximum atomic E-state index is 11.1. The quantitative estimate of drug-likeness (QED) is 0.683. The Labute approximate surface area is 137 Å². The Kier molecular flexibility index (Phi) is 7.13. The van der Waals surface area contributed by atoms with Crippen LogP contribution in [0, 0.1) is 5.92 Å². The molecule has 5 nitrogen and oxygen atoms in total. The largest absolute Gasteiger partial charge is 0.508 e. The van der Waals surface area contributed by atoms with Gasteiger partial charge >= 0.3 is 0 Å². The Morgan fingerprint density at radius 2 is 1.91 bits per heavy atom. The van der Waals surface area contributed by atoms with Crippen molar-refractivity contribution in [2.75, 3.05) is 5.32 Å². The molecule has 1 amide bonds. The number of nitrogens with one attached hydrogen (secondary N) is 1. The van der Waals surface area contributed by atoms with E-state index in [9.17, 15) is 15.0 Å². The Bertz CT molecular complexity index is 504. The van der Waals surface area contributed by atoms with Crippen molar-refractivity contribution in [1.29, 1.82) is 0 Å². The highest BCUT2D eigenvalue weighted by atomic mass is 35.5. The molecule has 0 aliphatic heterocycles. The second kappa shape index (κ2) is 8.36. The molecule has 0 saturated heterocycles. The lowest BCUT2D eigenvalue weighted by Gasteiger charge is -2.31. The van der Waals surface area contributed by atoms with Crippen molar-refractivity contribution in [3.05, 3.63) is 23.8 Å². The van der Waals surface area contributed by atoms with Crippen LogP contribution in [0.25, 0.3) is 0 Å². The zero-order valence-electron chi connectivity index (χ0n) is 12.8. The topological polar surface area (TPSA) is 95.6 Å². The maximum absolute atomic E-state index is 11.1. The first-order valence-electron chi connectivity index (χ1n) is 7.52. The van der Waals surface area contributed by atoms with Gasteiger partial charge in [0.15, 0.2) is 0 Å². The first-order valence-corrected chi connectivity index (χ1v) is 7.52. The van der Waals surface area contributed by atoms with Crippen LogP contribution in [0.3, 0.4) is 0 Å². The fourth-order valence-corrected chi connectivity index (χ4v) is 3.08. The number of nitrogens with two attached hydrogens (primary N) is 1. The highest BCUT2D eigenvalue weighted by Gasteiger charge is 2.27. The molecule has 22 heavy (non-hydrogen) atoms. The van der Waals surface area contributed by atoms with Crippen molar-refractivity contribution < 1.29 is 15.0 Å². The van der Waals surface area contributed by atoms with Crippen molar-refractivity contribution in [3.8, 4) is 5.75 Å². The molecule has 0 heterocycles. The molecule has 2 atom stereocenters. The number of hydrogen-bond acceptors (Lipinski definition) is 4. The number of anilines is 1. The van der Waals surface area contributed by atoms with Crippen LogP contribution >= 0.6 is 12.4 Å². The average Bonchev–Trinajstić information content (AvgIpc) is 2.45. The summed E-state index contributed by atoms with van der Waals surface area (Å²) in [6, 6.07) is 4.26. The van der Waals surface area contributed by atoms with Gasteiger partial charge in [-0.05, 0) is 36.5 Å². The molecule has 5 N–H and O–H groups in total. The summed E-state index contributed by atoms with van der Waals surface area (Å²) in [7, 11) is 0. The summed E-state index contributed by atoms with van der Waals surface area (Å²) in [5.74, 6) is 0.0871. The van der Waals surface area contributed by atoms with Gasteiger partial charge in [-0.25, -0.2) is 0 Å². The van der Waals surface area contributed by atoms with E-state index in [4.69, 9.17) is 5.73 Å². The predicted octanol–water partition coefficient (Wildman–Crippen LogP) is 2.71. The van der Waals surface area contributed by atoms with Crippen molar-refractivity contribution >= 4 is 24.0 Å². The SMILES string of the molecule is CC(=O)Nc1cc(O)cc(C(O)C(N)C2CCCCC2)c1.Cl. The lowest BCUT2D eigenvalue weighted by Crippen LogP contribution is -2.37. The van der Waals surface area contributed by atoms with E-state index in [1.807, 2.05) is 0 Å². The summed E-state index contributed by atoms with van der Waals surface area (Å²) in [5.41, 5.74) is 7.21. The van der Waals surface area contributed by atoms with Gasteiger partial charge in [-0.1, -0.05) is 19.3 Å². The van der Waals surface area contributed by atoms with Gasteiger partial charge in [-0.15, -0.1) is 12.4 Å². The molecule has 1 aliphatic carbocycles. The van der Waals surface area contributed by atoms with Gasteiger partial charge in [0, 0.05) is 24.7 Å². The number of aromatic hydroxyl groups is 1. The highest BCUT2D eigenvalue weighted by Crippen LogP contribution is 2.33. The molecule has 0 aromatic heterocycles. The number of aliphatic hydroxyl groups excluding tert-OH is 1. The normalized spacial score (nSPS) is 18.1. The first-order chi connectivity index (χ1) is 9.97. The van der Waals surface area contributed by atoms with E-state index in [1.54, 1.807) is 6.07 Å². The van der Waals surface area contributed by atoms with Crippen LogP contribution < -0.4 is 11.1 Å². The Balaban J connectivity index is 0.00000242. The Morgan fingerprint density at radius 1 is 1.27 bits per heavy atom. The first kappa shape index (κ1) is 18.7. The van der Waals surface area contributed by atoms with Crippen LogP contribution in [-0.4, -0.2) is 22.2 Å². The van der Waals surface area contributed by atoms with Gasteiger partial charge in [0.2, 0.25) is 5.91 Å². The lowest BCUT2D eigenvalue weighted by molar-refractivity contribution is -0.114. The number of phenolic OH excluding ortho intramolecular Hbond substituents is 1.